The fraction of sp³-hybridized carbons (Fsp3) is 0.462. The number of ether oxygens (including phenoxy) is 1. The van der Waals surface area contributed by atoms with Crippen LogP contribution in [-0.4, -0.2) is 25.4 Å². The maximum atomic E-state index is 12.4. The molecule has 0 aliphatic carbocycles. The quantitative estimate of drug-likeness (QED) is 0.862. The first-order chi connectivity index (χ1) is 9.70. The summed E-state index contributed by atoms with van der Waals surface area (Å²) >= 11 is 3.08. The van der Waals surface area contributed by atoms with Gasteiger partial charge in [0.2, 0.25) is 5.91 Å². The second kappa shape index (κ2) is 5.84. The van der Waals surface area contributed by atoms with Gasteiger partial charge in [-0.05, 0) is 38.1 Å². The lowest BCUT2D eigenvalue weighted by molar-refractivity contribution is -0.274. The lowest BCUT2D eigenvalue weighted by Gasteiger charge is -2.22. The molecule has 1 aliphatic rings. The van der Waals surface area contributed by atoms with E-state index in [1.54, 1.807) is 6.92 Å². The summed E-state index contributed by atoms with van der Waals surface area (Å²) in [4.78, 5) is 12.2. The van der Waals surface area contributed by atoms with Crippen molar-refractivity contribution in [3.05, 3.63) is 22.7 Å². The zero-order valence-corrected chi connectivity index (χ0v) is 12.8. The molecular formula is C13H14BrF3N2O2. The van der Waals surface area contributed by atoms with Crippen molar-refractivity contribution in [2.45, 2.75) is 19.7 Å². The minimum Gasteiger partial charge on any atom is -0.404 e. The Hall–Kier alpha value is -1.28. The second-order valence-corrected chi connectivity index (χ2v) is 6.05. The highest BCUT2D eigenvalue weighted by Crippen LogP contribution is 2.34. The van der Waals surface area contributed by atoms with Crippen LogP contribution in [-0.2, 0) is 4.79 Å². The number of amides is 1. The van der Waals surface area contributed by atoms with Crippen molar-refractivity contribution in [3.8, 4) is 5.75 Å². The Bertz CT molecular complexity index is 543. The molecule has 8 heteroatoms. The molecule has 2 rings (SSSR count). The number of benzene rings is 1. The van der Waals surface area contributed by atoms with Gasteiger partial charge >= 0.3 is 6.36 Å². The molecule has 1 unspecified atom stereocenters. The monoisotopic (exact) mass is 366 g/mol. The van der Waals surface area contributed by atoms with Crippen LogP contribution in [0.1, 0.15) is 13.3 Å². The van der Waals surface area contributed by atoms with E-state index in [4.69, 9.17) is 0 Å². The summed E-state index contributed by atoms with van der Waals surface area (Å²) < 4.78 is 41.6. The number of hydrogen-bond acceptors (Lipinski definition) is 3. The summed E-state index contributed by atoms with van der Waals surface area (Å²) in [6.07, 6.45) is -4.19. The number of anilines is 1. The van der Waals surface area contributed by atoms with Crippen molar-refractivity contribution in [1.82, 2.24) is 5.32 Å². The predicted molar refractivity (Wildman–Crippen MR) is 75.0 cm³/mol. The summed E-state index contributed by atoms with van der Waals surface area (Å²) in [6, 6.07) is 4.07. The molecule has 0 radical (unpaired) electrons. The topological polar surface area (TPSA) is 50.4 Å². The lowest BCUT2D eigenvalue weighted by atomic mass is 9.88. The molecule has 4 nitrogen and oxygen atoms in total. The highest BCUT2D eigenvalue weighted by Gasteiger charge is 2.37. The Kier molecular flexibility index (Phi) is 4.48. The number of alkyl halides is 3. The first-order valence-corrected chi connectivity index (χ1v) is 7.06. The van der Waals surface area contributed by atoms with E-state index in [0.29, 0.717) is 24.0 Å². The molecule has 116 valence electrons. The molecule has 1 fully saturated rings. The van der Waals surface area contributed by atoms with Gasteiger partial charge in [-0.2, -0.15) is 0 Å². The smallest absolute Gasteiger partial charge is 0.404 e. The van der Waals surface area contributed by atoms with Crippen molar-refractivity contribution in [1.29, 1.82) is 0 Å². The SMILES string of the molecule is CC1(C(=O)Nc2ccc(Br)cc2OC(F)(F)F)CCNC1. The van der Waals surface area contributed by atoms with Crippen LogP contribution in [0.3, 0.4) is 0 Å². The van der Waals surface area contributed by atoms with Crippen LogP contribution >= 0.6 is 15.9 Å². The number of carbonyl (C=O) groups excluding carboxylic acids is 1. The first kappa shape index (κ1) is 16.1. The number of nitrogens with one attached hydrogen (secondary N) is 2. The molecule has 2 N–H and O–H groups in total. The van der Waals surface area contributed by atoms with Gasteiger partial charge in [-0.15, -0.1) is 13.2 Å². The summed E-state index contributed by atoms with van der Waals surface area (Å²) in [5, 5.41) is 5.58. The van der Waals surface area contributed by atoms with Gasteiger partial charge in [0.1, 0.15) is 0 Å². The third kappa shape index (κ3) is 4.10. The summed E-state index contributed by atoms with van der Waals surface area (Å²) in [6.45, 7) is 2.96. The van der Waals surface area contributed by atoms with Crippen LogP contribution in [0, 0.1) is 5.41 Å². The molecule has 0 bridgehead atoms. The molecule has 0 spiro atoms. The summed E-state index contributed by atoms with van der Waals surface area (Å²) in [5.41, 5.74) is -0.642. The fourth-order valence-electron chi connectivity index (χ4n) is 2.09. The molecule has 0 aromatic heterocycles. The van der Waals surface area contributed by atoms with E-state index in [1.807, 2.05) is 0 Å². The van der Waals surface area contributed by atoms with Crippen molar-refractivity contribution in [2.24, 2.45) is 5.41 Å². The average Bonchev–Trinajstić information content (AvgIpc) is 2.79. The number of halogens is 4. The van der Waals surface area contributed by atoms with Crippen molar-refractivity contribution in [2.75, 3.05) is 18.4 Å². The fourth-order valence-corrected chi connectivity index (χ4v) is 2.43. The maximum absolute atomic E-state index is 12.4. The molecule has 1 amide bonds. The van der Waals surface area contributed by atoms with E-state index in [2.05, 4.69) is 31.3 Å². The van der Waals surface area contributed by atoms with Crippen LogP contribution in [0.25, 0.3) is 0 Å². The van der Waals surface area contributed by atoms with Gasteiger partial charge in [0.05, 0.1) is 11.1 Å². The molecule has 1 saturated heterocycles. The Morgan fingerprint density at radius 2 is 2.19 bits per heavy atom. The minimum atomic E-state index is -4.82. The van der Waals surface area contributed by atoms with Crippen LogP contribution in [0.4, 0.5) is 18.9 Å². The van der Waals surface area contributed by atoms with Gasteiger partial charge in [-0.25, -0.2) is 0 Å². The Morgan fingerprint density at radius 1 is 1.48 bits per heavy atom. The third-order valence-corrected chi connectivity index (χ3v) is 3.83. The first-order valence-electron chi connectivity index (χ1n) is 6.27. The normalized spacial score (nSPS) is 22.1. The standard InChI is InChI=1S/C13H14BrF3N2O2/c1-12(4-5-18-7-12)11(20)19-9-3-2-8(14)6-10(9)21-13(15,16)17/h2-3,6,18H,4-5,7H2,1H3,(H,19,20). The van der Waals surface area contributed by atoms with Gasteiger partial charge in [-0.3, -0.25) is 4.79 Å². The van der Waals surface area contributed by atoms with E-state index >= 15 is 0 Å². The van der Waals surface area contributed by atoms with E-state index in [0.717, 1.165) is 0 Å². The van der Waals surface area contributed by atoms with Gasteiger partial charge in [0.25, 0.3) is 0 Å². The second-order valence-electron chi connectivity index (χ2n) is 5.13. The van der Waals surface area contributed by atoms with Gasteiger partial charge in [0.15, 0.2) is 5.75 Å². The van der Waals surface area contributed by atoms with Crippen LogP contribution in [0.15, 0.2) is 22.7 Å². The number of carbonyl (C=O) groups is 1. The molecular weight excluding hydrogens is 353 g/mol. The van der Waals surface area contributed by atoms with Crippen LogP contribution < -0.4 is 15.4 Å². The highest BCUT2D eigenvalue weighted by molar-refractivity contribution is 9.10. The molecule has 21 heavy (non-hydrogen) atoms. The molecule has 0 saturated carbocycles. The van der Waals surface area contributed by atoms with Gasteiger partial charge in [-0.1, -0.05) is 15.9 Å². The molecule has 1 aromatic carbocycles. The van der Waals surface area contributed by atoms with E-state index < -0.39 is 17.5 Å². The third-order valence-electron chi connectivity index (χ3n) is 3.33. The summed E-state index contributed by atoms with van der Waals surface area (Å²) in [5.74, 6) is -0.776. The minimum absolute atomic E-state index is 0.00588. The Balaban J connectivity index is 2.21. The lowest BCUT2D eigenvalue weighted by Crippen LogP contribution is -2.35. The van der Waals surface area contributed by atoms with Crippen LogP contribution in [0.2, 0.25) is 0 Å². The summed E-state index contributed by atoms with van der Waals surface area (Å²) in [7, 11) is 0. The van der Waals surface area contributed by atoms with E-state index in [1.165, 1.54) is 18.2 Å². The molecule has 1 atom stereocenters. The van der Waals surface area contributed by atoms with E-state index in [9.17, 15) is 18.0 Å². The van der Waals surface area contributed by atoms with Crippen molar-refractivity contribution >= 4 is 27.5 Å². The number of rotatable bonds is 3. The zero-order valence-electron chi connectivity index (χ0n) is 11.2. The molecule has 1 aliphatic heterocycles. The largest absolute Gasteiger partial charge is 0.573 e. The predicted octanol–water partition coefficient (Wildman–Crippen LogP) is 3.29. The van der Waals surface area contributed by atoms with Crippen molar-refractivity contribution in [3.63, 3.8) is 0 Å². The molecule has 1 aromatic rings. The Morgan fingerprint density at radius 3 is 2.76 bits per heavy atom. The average molecular weight is 367 g/mol. The Labute approximate surface area is 128 Å². The van der Waals surface area contributed by atoms with E-state index in [-0.39, 0.29) is 11.6 Å². The van der Waals surface area contributed by atoms with Crippen LogP contribution in [0.5, 0.6) is 5.75 Å². The van der Waals surface area contributed by atoms with Gasteiger partial charge in [0, 0.05) is 11.0 Å². The van der Waals surface area contributed by atoms with Crippen molar-refractivity contribution < 1.29 is 22.7 Å². The maximum Gasteiger partial charge on any atom is 0.573 e. The van der Waals surface area contributed by atoms with Gasteiger partial charge < -0.3 is 15.4 Å². The zero-order chi connectivity index (χ0) is 15.7. The molecule has 1 heterocycles. The highest BCUT2D eigenvalue weighted by atomic mass is 79.9. The number of hydrogen-bond donors (Lipinski definition) is 2.